The van der Waals surface area contributed by atoms with Gasteiger partial charge >= 0.3 is 6.03 Å². The molecule has 3 N–H and O–H groups in total. The molecule has 1 aromatic carbocycles. The molecule has 0 saturated carbocycles. The minimum absolute atomic E-state index is 0.0922. The maximum absolute atomic E-state index is 12.4. The fourth-order valence-electron chi connectivity index (χ4n) is 3.00. The Morgan fingerprint density at radius 2 is 2.19 bits per heavy atom. The summed E-state index contributed by atoms with van der Waals surface area (Å²) >= 11 is 3.34. The highest BCUT2D eigenvalue weighted by molar-refractivity contribution is 9.10. The van der Waals surface area contributed by atoms with Crippen LogP contribution >= 0.6 is 15.9 Å². The lowest BCUT2D eigenvalue weighted by Gasteiger charge is -2.36. The Hall–Kier alpha value is -2.62. The molecule has 9 nitrogen and oxygen atoms in total. The molecule has 1 fully saturated rings. The zero-order valence-electron chi connectivity index (χ0n) is 15.2. The van der Waals surface area contributed by atoms with E-state index in [4.69, 9.17) is 0 Å². The first-order valence-electron chi connectivity index (χ1n) is 8.47. The molecule has 3 amide bonds. The molecule has 0 aromatic heterocycles. The molecule has 1 aromatic rings. The van der Waals surface area contributed by atoms with Gasteiger partial charge in [0.2, 0.25) is 5.96 Å². The summed E-state index contributed by atoms with van der Waals surface area (Å²) in [5, 5.41) is 16.4. The summed E-state index contributed by atoms with van der Waals surface area (Å²) in [4.78, 5) is 31.9. The van der Waals surface area contributed by atoms with E-state index >= 15 is 0 Å². The van der Waals surface area contributed by atoms with Gasteiger partial charge in [-0.2, -0.15) is 5.10 Å². The van der Waals surface area contributed by atoms with Gasteiger partial charge in [-0.15, -0.1) is 0 Å². The van der Waals surface area contributed by atoms with E-state index in [2.05, 4.69) is 36.8 Å². The number of nitrogens with one attached hydrogen (secondary N) is 2. The maximum Gasteiger partial charge on any atom is 0.325 e. The largest absolute Gasteiger partial charge is 0.507 e. The number of imide groups is 1. The van der Waals surface area contributed by atoms with E-state index in [-0.39, 0.29) is 17.6 Å². The first-order chi connectivity index (χ1) is 12.8. The van der Waals surface area contributed by atoms with Crippen molar-refractivity contribution in [2.24, 2.45) is 16.0 Å². The van der Waals surface area contributed by atoms with Crippen molar-refractivity contribution in [3.8, 4) is 5.75 Å². The highest BCUT2D eigenvalue weighted by Crippen LogP contribution is 2.24. The second kappa shape index (κ2) is 7.55. The summed E-state index contributed by atoms with van der Waals surface area (Å²) in [6, 6.07) is 3.93. The molecule has 2 aliphatic rings. The van der Waals surface area contributed by atoms with Crippen LogP contribution in [0.15, 0.2) is 32.8 Å². The zero-order chi connectivity index (χ0) is 19.7. The second-order valence-electron chi connectivity index (χ2n) is 6.84. The number of fused-ring (bicyclic) bond motifs is 1. The average molecular weight is 437 g/mol. The Kier molecular flexibility index (Phi) is 5.36. The number of phenolic OH excluding ortho intramolecular Hbond substituents is 1. The molecule has 2 atom stereocenters. The van der Waals surface area contributed by atoms with Crippen LogP contribution in [-0.2, 0) is 4.79 Å². The third-order valence-electron chi connectivity index (χ3n) is 4.28. The lowest BCUT2D eigenvalue weighted by atomic mass is 10.1. The number of hydrazone groups is 1. The van der Waals surface area contributed by atoms with E-state index in [9.17, 15) is 14.7 Å². The fourth-order valence-corrected chi connectivity index (χ4v) is 3.38. The number of phenols is 1. The Morgan fingerprint density at radius 3 is 2.89 bits per heavy atom. The molecule has 2 unspecified atom stereocenters. The predicted molar refractivity (Wildman–Crippen MR) is 104 cm³/mol. The standard InChI is InChI=1S/C17H21BrN6O3/c1-9(2)8-24-13-14(23(3)17(27)21-15(13)26)20-16(24)22-19-7-10-6-11(18)4-5-12(10)25/h4-7,9,13-14,25H,8H2,1-3H3,(H,20,22)(H,21,26,27)/b19-7+. The van der Waals surface area contributed by atoms with Crippen LogP contribution in [0.1, 0.15) is 19.4 Å². The van der Waals surface area contributed by atoms with E-state index in [0.717, 1.165) is 4.47 Å². The number of likely N-dealkylation sites (N-methyl/N-ethyl adjacent to an activating group) is 1. The molecular formula is C17H21BrN6O3. The first kappa shape index (κ1) is 19.2. The van der Waals surface area contributed by atoms with Crippen molar-refractivity contribution in [3.63, 3.8) is 0 Å². The van der Waals surface area contributed by atoms with Gasteiger partial charge in [0, 0.05) is 23.6 Å². The lowest BCUT2D eigenvalue weighted by molar-refractivity contribution is -0.127. The summed E-state index contributed by atoms with van der Waals surface area (Å²) in [5.74, 6) is 0.387. The van der Waals surface area contributed by atoms with Crippen LogP contribution in [-0.4, -0.2) is 64.8 Å². The maximum atomic E-state index is 12.4. The van der Waals surface area contributed by atoms with Gasteiger partial charge in [0.15, 0.2) is 12.2 Å². The number of rotatable bonds is 4. The smallest absolute Gasteiger partial charge is 0.325 e. The van der Waals surface area contributed by atoms with Gasteiger partial charge in [-0.25, -0.2) is 15.2 Å². The topological polar surface area (TPSA) is 110 Å². The van der Waals surface area contributed by atoms with Crippen LogP contribution in [0.5, 0.6) is 5.75 Å². The molecule has 2 aliphatic heterocycles. The second-order valence-corrected chi connectivity index (χ2v) is 7.75. The molecule has 27 heavy (non-hydrogen) atoms. The molecule has 0 radical (unpaired) electrons. The number of hydrogen-bond donors (Lipinski definition) is 3. The van der Waals surface area contributed by atoms with Gasteiger partial charge in [-0.1, -0.05) is 29.8 Å². The summed E-state index contributed by atoms with van der Waals surface area (Å²) in [7, 11) is 1.60. The van der Waals surface area contributed by atoms with Crippen molar-refractivity contribution >= 4 is 40.0 Å². The van der Waals surface area contributed by atoms with E-state index < -0.39 is 18.2 Å². The summed E-state index contributed by atoms with van der Waals surface area (Å²) in [5.41, 5.74) is 3.37. The van der Waals surface area contributed by atoms with Crippen LogP contribution in [0.2, 0.25) is 0 Å². The van der Waals surface area contributed by atoms with Gasteiger partial charge in [-0.05, 0) is 24.1 Å². The van der Waals surface area contributed by atoms with Gasteiger partial charge in [0.05, 0.1) is 6.21 Å². The monoisotopic (exact) mass is 436 g/mol. The third kappa shape index (κ3) is 3.90. The summed E-state index contributed by atoms with van der Waals surface area (Å²) in [6.07, 6.45) is 0.856. The molecule has 3 rings (SSSR count). The van der Waals surface area contributed by atoms with E-state index in [1.54, 1.807) is 25.2 Å². The number of nitrogens with zero attached hydrogens (tertiary/aromatic N) is 4. The molecule has 144 valence electrons. The number of guanidine groups is 1. The Bertz CT molecular complexity index is 825. The number of aliphatic imine (C=N–C) groups is 1. The number of benzene rings is 1. The first-order valence-corrected chi connectivity index (χ1v) is 9.27. The van der Waals surface area contributed by atoms with Crippen LogP contribution in [0.4, 0.5) is 4.79 Å². The van der Waals surface area contributed by atoms with Crippen LogP contribution < -0.4 is 10.7 Å². The number of carbonyl (C=O) groups excluding carboxylic acids is 2. The van der Waals surface area contributed by atoms with Crippen molar-refractivity contribution in [2.45, 2.75) is 26.1 Å². The predicted octanol–water partition coefficient (Wildman–Crippen LogP) is 1.28. The molecule has 0 aliphatic carbocycles. The van der Waals surface area contributed by atoms with Crippen molar-refractivity contribution in [3.05, 3.63) is 28.2 Å². The molecule has 0 spiro atoms. The number of urea groups is 1. The van der Waals surface area contributed by atoms with E-state index in [1.165, 1.54) is 11.1 Å². The highest BCUT2D eigenvalue weighted by Gasteiger charge is 2.48. The number of halogens is 1. The van der Waals surface area contributed by atoms with Gasteiger partial charge in [-0.3, -0.25) is 10.1 Å². The molecule has 1 saturated heterocycles. The van der Waals surface area contributed by atoms with Crippen molar-refractivity contribution in [1.82, 2.24) is 20.5 Å². The summed E-state index contributed by atoms with van der Waals surface area (Å²) < 4.78 is 0.809. The average Bonchev–Trinajstić information content (AvgIpc) is 2.94. The molecule has 0 bridgehead atoms. The highest BCUT2D eigenvalue weighted by atomic mass is 79.9. The van der Waals surface area contributed by atoms with Gasteiger partial charge < -0.3 is 14.9 Å². The quantitative estimate of drug-likeness (QED) is 0.486. The minimum Gasteiger partial charge on any atom is -0.507 e. The van der Waals surface area contributed by atoms with E-state index in [1.807, 2.05) is 18.7 Å². The van der Waals surface area contributed by atoms with Crippen molar-refractivity contribution in [1.29, 1.82) is 0 Å². The molecular weight excluding hydrogens is 416 g/mol. The Balaban J connectivity index is 1.83. The minimum atomic E-state index is -0.609. The normalized spacial score (nSPS) is 22.3. The van der Waals surface area contributed by atoms with Crippen LogP contribution in [0.3, 0.4) is 0 Å². The third-order valence-corrected chi connectivity index (χ3v) is 4.77. The lowest BCUT2D eigenvalue weighted by Crippen LogP contribution is -2.64. The number of hydrogen-bond acceptors (Lipinski definition) is 7. The molecule has 2 heterocycles. The van der Waals surface area contributed by atoms with Crippen molar-refractivity contribution < 1.29 is 14.7 Å². The SMILES string of the molecule is CC(C)CN1C(N/N=C/c2cc(Br)ccc2O)=NC2C1C(=O)NC(=O)N2C. The Morgan fingerprint density at radius 1 is 1.44 bits per heavy atom. The van der Waals surface area contributed by atoms with E-state index in [0.29, 0.717) is 18.1 Å². The van der Waals surface area contributed by atoms with Crippen molar-refractivity contribution in [2.75, 3.05) is 13.6 Å². The van der Waals surface area contributed by atoms with Crippen LogP contribution in [0.25, 0.3) is 0 Å². The number of carbonyl (C=O) groups is 2. The molecule has 10 heteroatoms. The number of amides is 3. The van der Waals surface area contributed by atoms with Gasteiger partial charge in [0.1, 0.15) is 5.75 Å². The fraction of sp³-hybridized carbons (Fsp3) is 0.412. The Labute approximate surface area is 165 Å². The summed E-state index contributed by atoms with van der Waals surface area (Å²) in [6.45, 7) is 4.63. The number of aromatic hydroxyl groups is 1. The zero-order valence-corrected chi connectivity index (χ0v) is 16.8. The van der Waals surface area contributed by atoms with Crippen LogP contribution in [0, 0.1) is 5.92 Å². The van der Waals surface area contributed by atoms with Gasteiger partial charge in [0.25, 0.3) is 5.91 Å².